The van der Waals surface area contributed by atoms with Crippen molar-refractivity contribution in [1.29, 1.82) is 0 Å². The third-order valence-corrected chi connectivity index (χ3v) is 3.74. The maximum absolute atomic E-state index is 11.9. The molecule has 17 heavy (non-hydrogen) atoms. The van der Waals surface area contributed by atoms with Gasteiger partial charge in [0, 0.05) is 13.1 Å². The van der Waals surface area contributed by atoms with E-state index in [4.69, 9.17) is 4.74 Å². The Morgan fingerprint density at radius 2 is 1.71 bits per heavy atom. The highest BCUT2D eigenvalue weighted by Gasteiger charge is 2.37. The molecule has 0 unspecified atom stereocenters. The van der Waals surface area contributed by atoms with Gasteiger partial charge >= 0.3 is 6.09 Å². The second-order valence-electron chi connectivity index (χ2n) is 6.35. The number of nitrogens with zero attached hydrogens (tertiary/aromatic N) is 1. The summed E-state index contributed by atoms with van der Waals surface area (Å²) in [4.78, 5) is 13.8. The molecule has 0 N–H and O–H groups in total. The lowest BCUT2D eigenvalue weighted by molar-refractivity contribution is 0.0113. The number of hydrogen-bond acceptors (Lipinski definition) is 2. The van der Waals surface area contributed by atoms with Crippen molar-refractivity contribution < 1.29 is 9.53 Å². The van der Waals surface area contributed by atoms with Crippen LogP contribution in [0.4, 0.5) is 4.79 Å². The van der Waals surface area contributed by atoms with Crippen molar-refractivity contribution in [3.63, 3.8) is 0 Å². The van der Waals surface area contributed by atoms with E-state index in [1.54, 1.807) is 0 Å². The minimum absolute atomic E-state index is 0.154. The van der Waals surface area contributed by atoms with Gasteiger partial charge in [0.1, 0.15) is 5.60 Å². The Morgan fingerprint density at radius 3 is 2.18 bits per heavy atom. The van der Waals surface area contributed by atoms with Gasteiger partial charge in [-0.25, -0.2) is 4.79 Å². The van der Waals surface area contributed by atoms with Crippen molar-refractivity contribution in [3.8, 4) is 0 Å². The van der Waals surface area contributed by atoms with E-state index in [0.29, 0.717) is 5.41 Å². The summed E-state index contributed by atoms with van der Waals surface area (Å²) >= 11 is 0. The highest BCUT2D eigenvalue weighted by Crippen LogP contribution is 2.42. The minimum Gasteiger partial charge on any atom is -0.444 e. The van der Waals surface area contributed by atoms with Crippen LogP contribution in [0.2, 0.25) is 0 Å². The van der Waals surface area contributed by atoms with Crippen molar-refractivity contribution in [2.24, 2.45) is 5.41 Å². The lowest BCUT2D eigenvalue weighted by atomic mass is 9.76. The largest absolute Gasteiger partial charge is 0.444 e. The summed E-state index contributed by atoms with van der Waals surface area (Å²) in [7, 11) is 0. The highest BCUT2D eigenvalue weighted by atomic mass is 16.6. The first kappa shape index (κ1) is 12.5. The molecule has 0 radical (unpaired) electrons. The zero-order valence-electron chi connectivity index (χ0n) is 11.2. The predicted octanol–water partition coefficient (Wildman–Crippen LogP) is 3.35. The second-order valence-corrected chi connectivity index (χ2v) is 6.35. The SMILES string of the molecule is CC(C)(C)OC(=O)N1CCC2(CC=CC2)CC1. The van der Waals surface area contributed by atoms with Gasteiger partial charge in [-0.3, -0.25) is 0 Å². The monoisotopic (exact) mass is 237 g/mol. The van der Waals surface area contributed by atoms with Gasteiger partial charge in [0.2, 0.25) is 0 Å². The predicted molar refractivity (Wildman–Crippen MR) is 67.8 cm³/mol. The molecule has 2 rings (SSSR count). The van der Waals surface area contributed by atoms with Gasteiger partial charge in [0.25, 0.3) is 0 Å². The number of carbonyl (C=O) groups excluding carboxylic acids is 1. The molecule has 1 heterocycles. The van der Waals surface area contributed by atoms with Crippen LogP contribution in [0.3, 0.4) is 0 Å². The summed E-state index contributed by atoms with van der Waals surface area (Å²) < 4.78 is 5.40. The van der Waals surface area contributed by atoms with Crippen molar-refractivity contribution in [1.82, 2.24) is 4.90 Å². The van der Waals surface area contributed by atoms with Gasteiger partial charge in [-0.05, 0) is 51.9 Å². The number of likely N-dealkylation sites (tertiary alicyclic amines) is 1. The van der Waals surface area contributed by atoms with E-state index in [1.807, 2.05) is 25.7 Å². The summed E-state index contributed by atoms with van der Waals surface area (Å²) in [6, 6.07) is 0. The van der Waals surface area contributed by atoms with E-state index >= 15 is 0 Å². The van der Waals surface area contributed by atoms with Gasteiger partial charge in [-0.15, -0.1) is 0 Å². The standard InChI is InChI=1S/C14H23NO2/c1-13(2,3)17-12(16)15-10-8-14(9-11-15)6-4-5-7-14/h4-5H,6-11H2,1-3H3. The molecule has 1 aliphatic heterocycles. The zero-order chi connectivity index (χ0) is 12.5. The number of piperidine rings is 1. The van der Waals surface area contributed by atoms with Gasteiger partial charge in [0.05, 0.1) is 0 Å². The number of rotatable bonds is 0. The fourth-order valence-electron chi connectivity index (χ4n) is 2.65. The van der Waals surface area contributed by atoms with Gasteiger partial charge in [-0.1, -0.05) is 12.2 Å². The van der Waals surface area contributed by atoms with Crippen LogP contribution in [0.5, 0.6) is 0 Å². The fraction of sp³-hybridized carbons (Fsp3) is 0.786. The maximum Gasteiger partial charge on any atom is 0.410 e. The van der Waals surface area contributed by atoms with Gasteiger partial charge in [0.15, 0.2) is 0 Å². The van der Waals surface area contributed by atoms with Crippen molar-refractivity contribution >= 4 is 6.09 Å². The average Bonchev–Trinajstić information content (AvgIpc) is 2.65. The molecule has 0 bridgehead atoms. The quantitative estimate of drug-likeness (QED) is 0.605. The summed E-state index contributed by atoms with van der Waals surface area (Å²) in [6.45, 7) is 7.43. The minimum atomic E-state index is -0.388. The van der Waals surface area contributed by atoms with Gasteiger partial charge < -0.3 is 9.64 Å². The Balaban J connectivity index is 1.84. The Hall–Kier alpha value is -0.990. The molecule has 0 atom stereocenters. The molecule has 1 amide bonds. The smallest absolute Gasteiger partial charge is 0.410 e. The first-order chi connectivity index (χ1) is 7.90. The van der Waals surface area contributed by atoms with E-state index < -0.39 is 0 Å². The maximum atomic E-state index is 11.9. The molecule has 0 aromatic heterocycles. The fourth-order valence-corrected chi connectivity index (χ4v) is 2.65. The van der Waals surface area contributed by atoms with E-state index in [2.05, 4.69) is 12.2 Å². The number of amides is 1. The summed E-state index contributed by atoms with van der Waals surface area (Å²) in [5.41, 5.74) is 0.0691. The van der Waals surface area contributed by atoms with Crippen LogP contribution in [0.15, 0.2) is 12.2 Å². The Morgan fingerprint density at radius 1 is 1.18 bits per heavy atom. The van der Waals surface area contributed by atoms with Crippen LogP contribution in [0.25, 0.3) is 0 Å². The molecule has 1 saturated heterocycles. The lowest BCUT2D eigenvalue weighted by Gasteiger charge is -2.39. The lowest BCUT2D eigenvalue weighted by Crippen LogP contribution is -2.44. The summed E-state index contributed by atoms with van der Waals surface area (Å²) in [6.07, 6.45) is 9.01. The third kappa shape index (κ3) is 3.02. The van der Waals surface area contributed by atoms with Crippen LogP contribution in [0, 0.1) is 5.41 Å². The van der Waals surface area contributed by atoms with E-state index in [1.165, 1.54) is 12.8 Å². The van der Waals surface area contributed by atoms with Crippen LogP contribution >= 0.6 is 0 Å². The van der Waals surface area contributed by atoms with Crippen LogP contribution in [-0.4, -0.2) is 29.7 Å². The van der Waals surface area contributed by atoms with Crippen LogP contribution < -0.4 is 0 Å². The van der Waals surface area contributed by atoms with Crippen molar-refractivity contribution in [2.45, 2.75) is 52.1 Å². The first-order valence-corrected chi connectivity index (χ1v) is 6.53. The van der Waals surface area contributed by atoms with Crippen molar-refractivity contribution in [3.05, 3.63) is 12.2 Å². The number of ether oxygens (including phenoxy) is 1. The molecule has 0 aromatic rings. The number of carbonyl (C=O) groups is 1. The molecule has 1 fully saturated rings. The summed E-state index contributed by atoms with van der Waals surface area (Å²) in [5.74, 6) is 0. The zero-order valence-corrected chi connectivity index (χ0v) is 11.2. The van der Waals surface area contributed by atoms with E-state index in [-0.39, 0.29) is 11.7 Å². The Labute approximate surface area is 104 Å². The third-order valence-electron chi connectivity index (χ3n) is 3.74. The van der Waals surface area contributed by atoms with E-state index in [0.717, 1.165) is 25.9 Å². The first-order valence-electron chi connectivity index (χ1n) is 6.53. The molecule has 96 valence electrons. The number of allylic oxidation sites excluding steroid dienone is 2. The average molecular weight is 237 g/mol. The van der Waals surface area contributed by atoms with E-state index in [9.17, 15) is 4.79 Å². The van der Waals surface area contributed by atoms with Crippen LogP contribution in [-0.2, 0) is 4.74 Å². The summed E-state index contributed by atoms with van der Waals surface area (Å²) in [5, 5.41) is 0. The topological polar surface area (TPSA) is 29.5 Å². The molecule has 1 spiro atoms. The van der Waals surface area contributed by atoms with Gasteiger partial charge in [-0.2, -0.15) is 0 Å². The van der Waals surface area contributed by atoms with Crippen LogP contribution in [0.1, 0.15) is 46.5 Å². The second kappa shape index (κ2) is 4.35. The molecule has 0 aromatic carbocycles. The molecular weight excluding hydrogens is 214 g/mol. The molecule has 0 saturated carbocycles. The Kier molecular flexibility index (Phi) is 3.19. The molecule has 1 aliphatic carbocycles. The Bertz CT molecular complexity index is 310. The van der Waals surface area contributed by atoms with Crippen molar-refractivity contribution in [2.75, 3.05) is 13.1 Å². The molecule has 3 nitrogen and oxygen atoms in total. The molecular formula is C14H23NO2. The molecule has 3 heteroatoms. The highest BCUT2D eigenvalue weighted by molar-refractivity contribution is 5.68. The normalized spacial score (nSPS) is 23.1. The molecule has 2 aliphatic rings. The number of hydrogen-bond donors (Lipinski definition) is 0.